The molecule has 0 spiro atoms. The Labute approximate surface area is 205 Å². The van der Waals surface area contributed by atoms with Crippen molar-refractivity contribution in [3.05, 3.63) is 68.5 Å². The normalized spacial score (nSPS) is 17.7. The molecule has 4 rings (SSSR count). The van der Waals surface area contributed by atoms with Crippen LogP contribution in [-0.2, 0) is 20.9 Å². The summed E-state index contributed by atoms with van der Waals surface area (Å²) in [5.41, 5.74) is 1.45. The molecule has 2 aromatic carbocycles. The SMILES string of the molecule is O=C(COc1ccc(/C=C2/SC(=O)N(Cc3ccc(Cl)c(Cl)c3)C2=O)cc1)N1CCOCC1. The second-order valence-electron chi connectivity index (χ2n) is 7.37. The average Bonchev–Trinajstić information content (AvgIpc) is 3.08. The van der Waals surface area contributed by atoms with Crippen molar-refractivity contribution < 1.29 is 23.9 Å². The van der Waals surface area contributed by atoms with E-state index in [2.05, 4.69) is 0 Å². The molecule has 0 aromatic heterocycles. The number of amides is 3. The highest BCUT2D eigenvalue weighted by molar-refractivity contribution is 8.18. The minimum atomic E-state index is -0.368. The van der Waals surface area contributed by atoms with E-state index < -0.39 is 0 Å². The van der Waals surface area contributed by atoms with E-state index in [1.54, 1.807) is 53.4 Å². The first kappa shape index (κ1) is 23.6. The van der Waals surface area contributed by atoms with Crippen LogP contribution in [0.3, 0.4) is 0 Å². The van der Waals surface area contributed by atoms with Crippen molar-refractivity contribution in [3.8, 4) is 5.75 Å². The van der Waals surface area contributed by atoms with Crippen molar-refractivity contribution >= 4 is 58.1 Å². The van der Waals surface area contributed by atoms with Crippen LogP contribution in [0.25, 0.3) is 6.08 Å². The van der Waals surface area contributed by atoms with Gasteiger partial charge in [0.25, 0.3) is 17.1 Å². The Bertz CT molecular complexity index is 1100. The van der Waals surface area contributed by atoms with Crippen molar-refractivity contribution in [3.63, 3.8) is 0 Å². The first-order valence-electron chi connectivity index (χ1n) is 10.2. The summed E-state index contributed by atoms with van der Waals surface area (Å²) in [6, 6.07) is 12.0. The Hall–Kier alpha value is -2.52. The number of imide groups is 1. The summed E-state index contributed by atoms with van der Waals surface area (Å²) in [5, 5.41) is 0.428. The van der Waals surface area contributed by atoms with E-state index in [1.807, 2.05) is 0 Å². The van der Waals surface area contributed by atoms with Crippen LogP contribution in [0.1, 0.15) is 11.1 Å². The number of carbonyl (C=O) groups excluding carboxylic acids is 3. The van der Waals surface area contributed by atoms with Crippen molar-refractivity contribution in [2.45, 2.75) is 6.54 Å². The topological polar surface area (TPSA) is 76.2 Å². The van der Waals surface area contributed by atoms with Gasteiger partial charge in [-0.05, 0) is 53.2 Å². The summed E-state index contributed by atoms with van der Waals surface area (Å²) >= 11 is 12.8. The van der Waals surface area contributed by atoms with Crippen LogP contribution >= 0.6 is 35.0 Å². The van der Waals surface area contributed by atoms with Gasteiger partial charge in [-0.25, -0.2) is 0 Å². The third kappa shape index (κ3) is 5.89. The maximum Gasteiger partial charge on any atom is 0.293 e. The Morgan fingerprint density at radius 2 is 1.79 bits per heavy atom. The number of thioether (sulfide) groups is 1. The summed E-state index contributed by atoms with van der Waals surface area (Å²) in [5.74, 6) is 0.0898. The summed E-state index contributed by atoms with van der Waals surface area (Å²) in [6.07, 6.45) is 1.66. The van der Waals surface area contributed by atoms with Gasteiger partial charge >= 0.3 is 0 Å². The lowest BCUT2D eigenvalue weighted by Gasteiger charge is -2.26. The smallest absolute Gasteiger partial charge is 0.293 e. The standard InChI is InChI=1S/C23H20Cl2N2O5S/c24-18-6-3-16(11-19(18)25)13-27-22(29)20(33-23(27)30)12-15-1-4-17(5-2-15)32-14-21(28)26-7-9-31-10-8-26/h1-6,11-12H,7-10,13-14H2/b20-12+. The highest BCUT2D eigenvalue weighted by Gasteiger charge is 2.35. The molecule has 0 radical (unpaired) electrons. The molecule has 3 amide bonds. The van der Waals surface area contributed by atoms with E-state index in [-0.39, 0.29) is 30.2 Å². The molecule has 2 aliphatic heterocycles. The molecule has 10 heteroatoms. The quantitative estimate of drug-likeness (QED) is 0.538. The van der Waals surface area contributed by atoms with Gasteiger partial charge in [0.15, 0.2) is 6.61 Å². The minimum absolute atomic E-state index is 0.0487. The molecule has 2 fully saturated rings. The van der Waals surface area contributed by atoms with Crippen LogP contribution < -0.4 is 4.74 Å². The third-order valence-electron chi connectivity index (χ3n) is 5.10. The molecule has 172 valence electrons. The molecule has 0 bridgehead atoms. The van der Waals surface area contributed by atoms with Crippen molar-refractivity contribution in [2.24, 2.45) is 0 Å². The van der Waals surface area contributed by atoms with Gasteiger partial charge in [0.2, 0.25) is 0 Å². The molecule has 0 N–H and O–H groups in total. The summed E-state index contributed by atoms with van der Waals surface area (Å²) < 4.78 is 10.8. The fourth-order valence-electron chi connectivity index (χ4n) is 3.32. The molecule has 33 heavy (non-hydrogen) atoms. The predicted molar refractivity (Wildman–Crippen MR) is 127 cm³/mol. The molecular formula is C23H20Cl2N2O5S. The van der Waals surface area contributed by atoms with Gasteiger partial charge in [0.05, 0.1) is 34.7 Å². The Morgan fingerprint density at radius 1 is 1.06 bits per heavy atom. The first-order valence-corrected chi connectivity index (χ1v) is 11.8. The second kappa shape index (κ2) is 10.6. The maximum absolute atomic E-state index is 12.8. The lowest BCUT2D eigenvalue weighted by molar-refractivity contribution is -0.137. The number of rotatable bonds is 6. The maximum atomic E-state index is 12.8. The second-order valence-corrected chi connectivity index (χ2v) is 9.17. The molecule has 2 heterocycles. The highest BCUT2D eigenvalue weighted by Crippen LogP contribution is 2.34. The number of morpholine rings is 1. The van der Waals surface area contributed by atoms with Crippen LogP contribution in [0.5, 0.6) is 5.75 Å². The molecule has 2 saturated heterocycles. The number of hydrogen-bond donors (Lipinski definition) is 0. The molecule has 0 saturated carbocycles. The van der Waals surface area contributed by atoms with Crippen LogP contribution in [0.15, 0.2) is 47.4 Å². The zero-order chi connectivity index (χ0) is 23.4. The molecule has 0 aliphatic carbocycles. The lowest BCUT2D eigenvalue weighted by atomic mass is 10.2. The number of hydrogen-bond acceptors (Lipinski definition) is 6. The first-order chi connectivity index (χ1) is 15.9. The van der Waals surface area contributed by atoms with Crippen molar-refractivity contribution in [2.75, 3.05) is 32.9 Å². The van der Waals surface area contributed by atoms with Crippen molar-refractivity contribution in [1.29, 1.82) is 0 Å². The van der Waals surface area contributed by atoms with Crippen LogP contribution in [0.2, 0.25) is 10.0 Å². The van der Waals surface area contributed by atoms with Gasteiger partial charge < -0.3 is 14.4 Å². The van der Waals surface area contributed by atoms with Gasteiger partial charge in [0.1, 0.15) is 5.75 Å². The van der Waals surface area contributed by atoms with Gasteiger partial charge in [-0.15, -0.1) is 0 Å². The van der Waals surface area contributed by atoms with E-state index >= 15 is 0 Å². The number of benzene rings is 2. The average molecular weight is 507 g/mol. The van der Waals surface area contributed by atoms with Crippen LogP contribution in [0.4, 0.5) is 4.79 Å². The highest BCUT2D eigenvalue weighted by atomic mass is 35.5. The van der Waals surface area contributed by atoms with E-state index in [0.717, 1.165) is 17.3 Å². The van der Waals surface area contributed by atoms with Gasteiger partial charge in [-0.1, -0.05) is 41.4 Å². The lowest BCUT2D eigenvalue weighted by Crippen LogP contribution is -2.42. The van der Waals surface area contributed by atoms with Crippen LogP contribution in [0, 0.1) is 0 Å². The molecule has 2 aliphatic rings. The minimum Gasteiger partial charge on any atom is -0.484 e. The van der Waals surface area contributed by atoms with Gasteiger partial charge in [-0.3, -0.25) is 19.3 Å². The number of nitrogens with zero attached hydrogens (tertiary/aromatic N) is 2. The molecular weight excluding hydrogens is 487 g/mol. The molecule has 0 atom stereocenters. The van der Waals surface area contributed by atoms with Gasteiger partial charge in [0, 0.05) is 13.1 Å². The van der Waals surface area contributed by atoms with Crippen molar-refractivity contribution in [1.82, 2.24) is 9.80 Å². The van der Waals surface area contributed by atoms with E-state index in [0.29, 0.717) is 52.6 Å². The monoisotopic (exact) mass is 506 g/mol. The zero-order valence-corrected chi connectivity index (χ0v) is 19.8. The van der Waals surface area contributed by atoms with E-state index in [9.17, 15) is 14.4 Å². The largest absolute Gasteiger partial charge is 0.484 e. The van der Waals surface area contributed by atoms with E-state index in [4.69, 9.17) is 32.7 Å². The third-order valence-corrected chi connectivity index (χ3v) is 6.75. The fraction of sp³-hybridized carbons (Fsp3) is 0.261. The fourth-order valence-corrected chi connectivity index (χ4v) is 4.48. The summed E-state index contributed by atoms with van der Waals surface area (Å²) in [6.45, 7) is 2.29. The van der Waals surface area contributed by atoms with Crippen LogP contribution in [-0.4, -0.2) is 59.8 Å². The Kier molecular flexibility index (Phi) is 7.60. The van der Waals surface area contributed by atoms with Gasteiger partial charge in [-0.2, -0.15) is 0 Å². The number of carbonyl (C=O) groups is 3. The zero-order valence-electron chi connectivity index (χ0n) is 17.5. The number of ether oxygens (including phenoxy) is 2. The molecule has 2 aromatic rings. The molecule has 0 unspecified atom stereocenters. The summed E-state index contributed by atoms with van der Waals surface area (Å²) in [4.78, 5) is 40.5. The van der Waals surface area contributed by atoms with E-state index in [1.165, 1.54) is 4.90 Å². The summed E-state index contributed by atoms with van der Waals surface area (Å²) in [7, 11) is 0. The predicted octanol–water partition coefficient (Wildman–Crippen LogP) is 4.47. The number of halogens is 2. The Balaban J connectivity index is 1.36. The Morgan fingerprint density at radius 3 is 2.48 bits per heavy atom. The molecule has 7 nitrogen and oxygen atoms in total.